The summed E-state index contributed by atoms with van der Waals surface area (Å²) in [7, 11) is 0. The summed E-state index contributed by atoms with van der Waals surface area (Å²) in [6.45, 7) is 6.67. The van der Waals surface area contributed by atoms with Crippen molar-refractivity contribution in [2.75, 3.05) is 13.2 Å². The van der Waals surface area contributed by atoms with Crippen LogP contribution in [0.2, 0.25) is 0 Å². The fraction of sp³-hybridized carbons (Fsp3) is 0.914. The summed E-state index contributed by atoms with van der Waals surface area (Å²) in [6, 6.07) is 0. The molecule has 64 heavy (non-hydrogen) atoms. The molecule has 0 fully saturated rings. The zero-order valence-corrected chi connectivity index (χ0v) is 43.3. The number of esters is 3. The third-order valence-electron chi connectivity index (χ3n) is 13.0. The first-order chi connectivity index (χ1) is 31.5. The Morgan fingerprint density at radius 2 is 0.516 bits per heavy atom. The van der Waals surface area contributed by atoms with Crippen molar-refractivity contribution in [3.05, 3.63) is 12.2 Å². The summed E-state index contributed by atoms with van der Waals surface area (Å²) in [5.74, 6) is -0.854. The Balaban J connectivity index is 4.26. The van der Waals surface area contributed by atoms with Gasteiger partial charge in [0.1, 0.15) is 13.2 Å². The molecule has 0 aliphatic carbocycles. The van der Waals surface area contributed by atoms with Crippen LogP contribution in [0.5, 0.6) is 0 Å². The molecule has 0 spiro atoms. The van der Waals surface area contributed by atoms with E-state index in [1.807, 2.05) is 0 Å². The van der Waals surface area contributed by atoms with Gasteiger partial charge in [0.2, 0.25) is 0 Å². The normalized spacial score (nSPS) is 12.0. The molecule has 6 heteroatoms. The number of hydrogen-bond donors (Lipinski definition) is 0. The van der Waals surface area contributed by atoms with Crippen molar-refractivity contribution in [3.8, 4) is 0 Å². The highest BCUT2D eigenvalue weighted by molar-refractivity contribution is 5.71. The van der Waals surface area contributed by atoms with Gasteiger partial charge >= 0.3 is 17.9 Å². The SMILES string of the molecule is CCCCCC/C=C\CCCCCCCC(=O)OC(COC(=O)CCCCCCCCCCCCCCC)COC(=O)CCCCCCCCCCCCCCCCCCCCCC. The van der Waals surface area contributed by atoms with E-state index in [9.17, 15) is 14.4 Å². The monoisotopic (exact) mass is 903 g/mol. The lowest BCUT2D eigenvalue weighted by molar-refractivity contribution is -0.167. The summed E-state index contributed by atoms with van der Waals surface area (Å²) in [5.41, 5.74) is 0. The Morgan fingerprint density at radius 1 is 0.297 bits per heavy atom. The van der Waals surface area contributed by atoms with Crippen LogP contribution in [0.4, 0.5) is 0 Å². The Bertz CT molecular complexity index is 993. The fourth-order valence-corrected chi connectivity index (χ4v) is 8.68. The fourth-order valence-electron chi connectivity index (χ4n) is 8.68. The Hall–Kier alpha value is -1.85. The van der Waals surface area contributed by atoms with Gasteiger partial charge < -0.3 is 14.2 Å². The lowest BCUT2D eigenvalue weighted by atomic mass is 10.0. The van der Waals surface area contributed by atoms with E-state index in [1.54, 1.807) is 0 Å². The predicted molar refractivity (Wildman–Crippen MR) is 275 cm³/mol. The van der Waals surface area contributed by atoms with Crippen LogP contribution in [0, 0.1) is 0 Å². The average molecular weight is 904 g/mol. The maximum atomic E-state index is 12.8. The highest BCUT2D eigenvalue weighted by Crippen LogP contribution is 2.17. The minimum atomic E-state index is -0.768. The van der Waals surface area contributed by atoms with Crippen LogP contribution in [-0.4, -0.2) is 37.2 Å². The number of ether oxygens (including phenoxy) is 3. The first-order valence-electron chi connectivity index (χ1n) is 28.7. The van der Waals surface area contributed by atoms with E-state index in [0.717, 1.165) is 64.2 Å². The molecule has 0 heterocycles. The Labute approximate surface area is 399 Å². The largest absolute Gasteiger partial charge is 0.462 e. The number of unbranched alkanes of at least 4 members (excludes halogenated alkanes) is 40. The van der Waals surface area contributed by atoms with E-state index in [4.69, 9.17) is 14.2 Å². The lowest BCUT2D eigenvalue weighted by Crippen LogP contribution is -2.30. The zero-order chi connectivity index (χ0) is 46.5. The molecule has 1 unspecified atom stereocenters. The first-order valence-corrected chi connectivity index (χ1v) is 28.7. The van der Waals surface area contributed by atoms with Gasteiger partial charge in [0.25, 0.3) is 0 Å². The van der Waals surface area contributed by atoms with Crippen molar-refractivity contribution in [1.29, 1.82) is 0 Å². The standard InChI is InChI=1S/C58H110O6/c1-4-7-10-13-16-19-22-25-26-27-28-29-30-31-34-36-39-42-45-48-51-57(60)63-54-55(64-58(61)52-49-46-43-40-37-33-24-21-18-15-12-9-6-3)53-62-56(59)50-47-44-41-38-35-32-23-20-17-14-11-8-5-2/h21,24,55H,4-20,22-23,25-54H2,1-3H3/b24-21-. The van der Waals surface area contributed by atoms with Gasteiger partial charge in [-0.1, -0.05) is 270 Å². The molecule has 0 bridgehead atoms. The maximum absolute atomic E-state index is 12.8. The van der Waals surface area contributed by atoms with E-state index >= 15 is 0 Å². The van der Waals surface area contributed by atoms with Gasteiger partial charge in [-0.3, -0.25) is 14.4 Å². The van der Waals surface area contributed by atoms with Gasteiger partial charge in [-0.05, 0) is 44.9 Å². The molecule has 6 nitrogen and oxygen atoms in total. The summed E-state index contributed by atoms with van der Waals surface area (Å²) in [6.07, 6.45) is 60.6. The van der Waals surface area contributed by atoms with Gasteiger partial charge in [0.05, 0.1) is 0 Å². The van der Waals surface area contributed by atoms with Crippen molar-refractivity contribution >= 4 is 17.9 Å². The molecule has 0 radical (unpaired) electrons. The molecule has 0 saturated carbocycles. The zero-order valence-electron chi connectivity index (χ0n) is 43.3. The van der Waals surface area contributed by atoms with Crippen molar-refractivity contribution in [3.63, 3.8) is 0 Å². The van der Waals surface area contributed by atoms with Crippen molar-refractivity contribution < 1.29 is 28.6 Å². The molecular weight excluding hydrogens is 793 g/mol. The van der Waals surface area contributed by atoms with E-state index in [1.165, 1.54) is 218 Å². The molecule has 0 aliphatic heterocycles. The summed E-state index contributed by atoms with van der Waals surface area (Å²) in [5, 5.41) is 0. The highest BCUT2D eigenvalue weighted by atomic mass is 16.6. The van der Waals surface area contributed by atoms with Crippen LogP contribution in [-0.2, 0) is 28.6 Å². The van der Waals surface area contributed by atoms with Gasteiger partial charge in [-0.2, -0.15) is 0 Å². The van der Waals surface area contributed by atoms with E-state index in [0.29, 0.717) is 19.3 Å². The summed E-state index contributed by atoms with van der Waals surface area (Å²) < 4.78 is 16.9. The molecule has 1 atom stereocenters. The number of carbonyl (C=O) groups excluding carboxylic acids is 3. The minimum absolute atomic E-state index is 0.0676. The quantitative estimate of drug-likeness (QED) is 0.0262. The number of carbonyl (C=O) groups is 3. The van der Waals surface area contributed by atoms with Gasteiger partial charge in [-0.15, -0.1) is 0 Å². The summed E-state index contributed by atoms with van der Waals surface area (Å²) in [4.78, 5) is 38.1. The van der Waals surface area contributed by atoms with Gasteiger partial charge in [0.15, 0.2) is 6.10 Å². The molecule has 0 N–H and O–H groups in total. The van der Waals surface area contributed by atoms with E-state index < -0.39 is 6.10 Å². The predicted octanol–water partition coefficient (Wildman–Crippen LogP) is 18.9. The van der Waals surface area contributed by atoms with Crippen LogP contribution in [0.1, 0.15) is 323 Å². The van der Waals surface area contributed by atoms with Gasteiger partial charge in [-0.25, -0.2) is 0 Å². The molecule has 0 rings (SSSR count). The van der Waals surface area contributed by atoms with Crippen molar-refractivity contribution in [1.82, 2.24) is 0 Å². The number of rotatable bonds is 53. The highest BCUT2D eigenvalue weighted by Gasteiger charge is 2.19. The number of allylic oxidation sites excluding steroid dienone is 2. The van der Waals surface area contributed by atoms with Crippen molar-refractivity contribution in [2.24, 2.45) is 0 Å². The molecule has 0 aromatic heterocycles. The smallest absolute Gasteiger partial charge is 0.306 e. The lowest BCUT2D eigenvalue weighted by Gasteiger charge is -2.18. The molecular formula is C58H110O6. The third-order valence-corrected chi connectivity index (χ3v) is 13.0. The molecule has 0 aromatic carbocycles. The molecule has 0 aromatic rings. The molecule has 0 saturated heterocycles. The van der Waals surface area contributed by atoms with Crippen LogP contribution in [0.25, 0.3) is 0 Å². The average Bonchev–Trinajstić information content (AvgIpc) is 3.29. The third kappa shape index (κ3) is 51.1. The first kappa shape index (κ1) is 62.1. The van der Waals surface area contributed by atoms with Crippen LogP contribution in [0.3, 0.4) is 0 Å². The maximum Gasteiger partial charge on any atom is 0.306 e. The van der Waals surface area contributed by atoms with Crippen LogP contribution >= 0.6 is 0 Å². The number of hydrogen-bond acceptors (Lipinski definition) is 6. The second-order valence-electron chi connectivity index (χ2n) is 19.6. The second kappa shape index (κ2) is 53.8. The van der Waals surface area contributed by atoms with Crippen LogP contribution < -0.4 is 0 Å². The Morgan fingerprint density at radius 3 is 0.797 bits per heavy atom. The Kier molecular flexibility index (Phi) is 52.2. The van der Waals surface area contributed by atoms with E-state index in [2.05, 4.69) is 32.9 Å². The molecule has 0 amide bonds. The summed E-state index contributed by atoms with van der Waals surface area (Å²) >= 11 is 0. The minimum Gasteiger partial charge on any atom is -0.462 e. The molecule has 378 valence electrons. The topological polar surface area (TPSA) is 78.9 Å². The van der Waals surface area contributed by atoms with E-state index in [-0.39, 0.29) is 31.1 Å². The second-order valence-corrected chi connectivity index (χ2v) is 19.6. The molecule has 0 aliphatic rings. The van der Waals surface area contributed by atoms with Crippen molar-refractivity contribution in [2.45, 2.75) is 329 Å². The van der Waals surface area contributed by atoms with Gasteiger partial charge in [0, 0.05) is 19.3 Å². The van der Waals surface area contributed by atoms with Crippen LogP contribution in [0.15, 0.2) is 12.2 Å².